The Balaban J connectivity index is 2.14. The van der Waals surface area contributed by atoms with E-state index in [4.69, 9.17) is 5.73 Å². The van der Waals surface area contributed by atoms with Gasteiger partial charge in [-0.15, -0.1) is 0 Å². The van der Waals surface area contributed by atoms with Crippen molar-refractivity contribution in [2.24, 2.45) is 5.73 Å². The molecule has 0 saturated heterocycles. The Hall–Kier alpha value is -1.70. The number of H-pyrrole nitrogens is 1. The van der Waals surface area contributed by atoms with E-state index in [0.717, 1.165) is 17.0 Å². The van der Waals surface area contributed by atoms with E-state index in [1.54, 1.807) is 18.5 Å². The van der Waals surface area contributed by atoms with Crippen LogP contribution >= 0.6 is 0 Å². The zero-order chi connectivity index (χ0) is 15.3. The van der Waals surface area contributed by atoms with Crippen molar-refractivity contribution in [2.45, 2.75) is 31.2 Å². The van der Waals surface area contributed by atoms with Crippen LogP contribution in [0.25, 0.3) is 0 Å². The van der Waals surface area contributed by atoms with Crippen LogP contribution in [0.15, 0.2) is 35.5 Å². The molecule has 1 aromatic carbocycles. The van der Waals surface area contributed by atoms with Gasteiger partial charge in [0.15, 0.2) is 0 Å². The fourth-order valence-corrected chi connectivity index (χ4v) is 3.47. The highest BCUT2D eigenvalue weighted by molar-refractivity contribution is 7.89. The smallest absolute Gasteiger partial charge is 0.240 e. The SMILES string of the molecule is CCc1ccc(CN)cc1S(=O)(=O)NCCc1ncc[nH]1. The lowest BCUT2D eigenvalue weighted by Crippen LogP contribution is -2.27. The summed E-state index contributed by atoms with van der Waals surface area (Å²) < 4.78 is 27.5. The predicted molar refractivity (Wildman–Crippen MR) is 81.2 cm³/mol. The molecule has 0 saturated carbocycles. The molecule has 0 radical (unpaired) electrons. The van der Waals surface area contributed by atoms with E-state index < -0.39 is 10.0 Å². The molecule has 0 aliphatic heterocycles. The van der Waals surface area contributed by atoms with Crippen LogP contribution in [0.5, 0.6) is 0 Å². The molecule has 0 fully saturated rings. The second-order valence-corrected chi connectivity index (χ2v) is 6.42. The molecule has 0 spiro atoms. The molecule has 21 heavy (non-hydrogen) atoms. The molecule has 0 aliphatic rings. The first kappa shape index (κ1) is 15.7. The maximum atomic E-state index is 12.4. The van der Waals surface area contributed by atoms with E-state index in [-0.39, 0.29) is 0 Å². The van der Waals surface area contributed by atoms with Crippen LogP contribution < -0.4 is 10.5 Å². The number of rotatable bonds is 7. The minimum absolute atomic E-state index is 0.297. The second-order valence-electron chi connectivity index (χ2n) is 4.68. The van der Waals surface area contributed by atoms with Crippen molar-refractivity contribution in [3.05, 3.63) is 47.5 Å². The summed E-state index contributed by atoms with van der Waals surface area (Å²) in [6.45, 7) is 2.55. The molecule has 0 bridgehead atoms. The summed E-state index contributed by atoms with van der Waals surface area (Å²) in [4.78, 5) is 7.32. The van der Waals surface area contributed by atoms with Crippen molar-refractivity contribution in [1.82, 2.24) is 14.7 Å². The quantitative estimate of drug-likeness (QED) is 0.709. The Labute approximate surface area is 124 Å². The van der Waals surface area contributed by atoms with Gasteiger partial charge >= 0.3 is 0 Å². The Kier molecular flexibility index (Phi) is 5.11. The Bertz CT molecular complexity index is 681. The highest BCUT2D eigenvalue weighted by Crippen LogP contribution is 2.18. The minimum atomic E-state index is -3.54. The zero-order valence-electron chi connectivity index (χ0n) is 12.0. The van der Waals surface area contributed by atoms with Crippen LogP contribution in [0.1, 0.15) is 23.9 Å². The number of aryl methyl sites for hydroxylation is 1. The van der Waals surface area contributed by atoms with Crippen molar-refractivity contribution in [2.75, 3.05) is 6.54 Å². The number of sulfonamides is 1. The van der Waals surface area contributed by atoms with Crippen molar-refractivity contribution < 1.29 is 8.42 Å². The number of hydrogen-bond acceptors (Lipinski definition) is 4. The summed E-state index contributed by atoms with van der Waals surface area (Å²) in [6.07, 6.45) is 4.52. The number of imidazole rings is 1. The molecule has 0 aliphatic carbocycles. The Morgan fingerprint density at radius 3 is 2.81 bits per heavy atom. The number of hydrogen-bond donors (Lipinski definition) is 3. The van der Waals surface area contributed by atoms with Crippen molar-refractivity contribution in [3.8, 4) is 0 Å². The molecule has 1 heterocycles. The van der Waals surface area contributed by atoms with Crippen LogP contribution in [0, 0.1) is 0 Å². The average Bonchev–Trinajstić information content (AvgIpc) is 2.99. The predicted octanol–water partition coefficient (Wildman–Crippen LogP) is 0.952. The van der Waals surface area contributed by atoms with Gasteiger partial charge < -0.3 is 10.7 Å². The van der Waals surface area contributed by atoms with Gasteiger partial charge in [-0.05, 0) is 23.6 Å². The zero-order valence-corrected chi connectivity index (χ0v) is 12.8. The third-order valence-electron chi connectivity index (χ3n) is 3.25. The summed E-state index contributed by atoms with van der Waals surface area (Å²) in [5.74, 6) is 0.754. The molecule has 114 valence electrons. The molecule has 2 rings (SSSR count). The highest BCUT2D eigenvalue weighted by atomic mass is 32.2. The van der Waals surface area contributed by atoms with Gasteiger partial charge in [-0.2, -0.15) is 0 Å². The molecule has 6 nitrogen and oxygen atoms in total. The average molecular weight is 308 g/mol. The maximum absolute atomic E-state index is 12.4. The molecule has 1 aromatic heterocycles. The summed E-state index contributed by atoms with van der Waals surface area (Å²) in [6, 6.07) is 5.33. The lowest BCUT2D eigenvalue weighted by molar-refractivity contribution is 0.579. The topological polar surface area (TPSA) is 101 Å². The normalized spacial score (nSPS) is 11.7. The van der Waals surface area contributed by atoms with E-state index in [0.29, 0.717) is 30.8 Å². The number of nitrogens with one attached hydrogen (secondary N) is 2. The molecule has 2 aromatic rings. The van der Waals surface area contributed by atoms with Crippen molar-refractivity contribution in [1.29, 1.82) is 0 Å². The number of aromatic nitrogens is 2. The first-order chi connectivity index (χ1) is 10.1. The van der Waals surface area contributed by atoms with Crippen LogP contribution in [-0.4, -0.2) is 24.9 Å². The summed E-state index contributed by atoms with van der Waals surface area (Å²) in [5, 5.41) is 0. The van der Waals surface area contributed by atoms with E-state index in [2.05, 4.69) is 14.7 Å². The highest BCUT2D eigenvalue weighted by Gasteiger charge is 2.18. The van der Waals surface area contributed by atoms with Gasteiger partial charge in [0.1, 0.15) is 5.82 Å². The van der Waals surface area contributed by atoms with E-state index in [1.807, 2.05) is 19.1 Å². The molecule has 7 heteroatoms. The molecule has 0 amide bonds. The largest absolute Gasteiger partial charge is 0.349 e. The van der Waals surface area contributed by atoms with Crippen molar-refractivity contribution in [3.63, 3.8) is 0 Å². The third kappa shape index (κ3) is 3.90. The molecule has 4 N–H and O–H groups in total. The molecular formula is C14H20N4O2S. The van der Waals surface area contributed by atoms with E-state index in [1.165, 1.54) is 0 Å². The van der Waals surface area contributed by atoms with Crippen LogP contribution in [0.2, 0.25) is 0 Å². The van der Waals surface area contributed by atoms with Gasteiger partial charge in [0, 0.05) is 31.9 Å². The number of nitrogens with zero attached hydrogens (tertiary/aromatic N) is 1. The third-order valence-corrected chi connectivity index (χ3v) is 4.79. The Morgan fingerprint density at radius 1 is 1.38 bits per heavy atom. The van der Waals surface area contributed by atoms with Crippen LogP contribution in [-0.2, 0) is 29.4 Å². The van der Waals surface area contributed by atoms with E-state index in [9.17, 15) is 8.42 Å². The Morgan fingerprint density at radius 2 is 2.19 bits per heavy atom. The fourth-order valence-electron chi connectivity index (χ4n) is 2.08. The van der Waals surface area contributed by atoms with Gasteiger partial charge in [0.25, 0.3) is 0 Å². The summed E-state index contributed by atoms with van der Waals surface area (Å²) in [5.41, 5.74) is 7.18. The van der Waals surface area contributed by atoms with Gasteiger partial charge in [0.2, 0.25) is 10.0 Å². The van der Waals surface area contributed by atoms with Crippen LogP contribution in [0.3, 0.4) is 0 Å². The molecule has 0 atom stereocenters. The lowest BCUT2D eigenvalue weighted by Gasteiger charge is -2.11. The first-order valence-corrected chi connectivity index (χ1v) is 8.35. The van der Waals surface area contributed by atoms with Gasteiger partial charge in [-0.1, -0.05) is 19.1 Å². The molecular weight excluding hydrogens is 288 g/mol. The number of benzene rings is 1. The van der Waals surface area contributed by atoms with E-state index >= 15 is 0 Å². The molecule has 0 unspecified atom stereocenters. The second kappa shape index (κ2) is 6.84. The van der Waals surface area contributed by atoms with Gasteiger partial charge in [-0.3, -0.25) is 0 Å². The van der Waals surface area contributed by atoms with Crippen LogP contribution in [0.4, 0.5) is 0 Å². The first-order valence-electron chi connectivity index (χ1n) is 6.86. The minimum Gasteiger partial charge on any atom is -0.349 e. The summed E-state index contributed by atoms with van der Waals surface area (Å²) >= 11 is 0. The number of aromatic amines is 1. The van der Waals surface area contributed by atoms with Gasteiger partial charge in [0.05, 0.1) is 4.90 Å². The number of nitrogens with two attached hydrogens (primary N) is 1. The van der Waals surface area contributed by atoms with Crippen molar-refractivity contribution >= 4 is 10.0 Å². The lowest BCUT2D eigenvalue weighted by atomic mass is 10.1. The maximum Gasteiger partial charge on any atom is 0.240 e. The fraction of sp³-hybridized carbons (Fsp3) is 0.357. The van der Waals surface area contributed by atoms with Gasteiger partial charge in [-0.25, -0.2) is 18.1 Å². The standard InChI is InChI=1S/C14H20N4O2S/c1-2-12-4-3-11(10-15)9-13(12)21(19,20)18-6-5-14-16-7-8-17-14/h3-4,7-9,18H,2,5-6,10,15H2,1H3,(H,16,17). The summed E-state index contributed by atoms with van der Waals surface area (Å²) in [7, 11) is -3.54. The monoisotopic (exact) mass is 308 g/mol.